The fourth-order valence-electron chi connectivity index (χ4n) is 4.53. The van der Waals surface area contributed by atoms with Gasteiger partial charge in [0.15, 0.2) is 10.9 Å². The van der Waals surface area contributed by atoms with E-state index in [1.165, 1.54) is 11.3 Å². The number of dihydropyridines is 1. The third-order valence-electron chi connectivity index (χ3n) is 5.96. The van der Waals surface area contributed by atoms with Gasteiger partial charge in [-0.15, -0.1) is 0 Å². The van der Waals surface area contributed by atoms with E-state index in [1.807, 2.05) is 55.5 Å². The number of carbonyl (C=O) groups excluding carboxylic acids is 2. The predicted molar refractivity (Wildman–Crippen MR) is 126 cm³/mol. The van der Waals surface area contributed by atoms with Crippen molar-refractivity contribution in [3.8, 4) is 5.75 Å². The maximum absolute atomic E-state index is 13.6. The number of nitrogens with zero attached hydrogens (tertiary/aromatic N) is 1. The number of methoxy groups -OCH3 is 1. The largest absolute Gasteiger partial charge is 0.497 e. The lowest BCUT2D eigenvalue weighted by Gasteiger charge is -2.34. The number of benzene rings is 2. The minimum atomic E-state index is -0.455. The van der Waals surface area contributed by atoms with Crippen molar-refractivity contribution in [3.63, 3.8) is 0 Å². The van der Waals surface area contributed by atoms with E-state index in [0.29, 0.717) is 28.4 Å². The lowest BCUT2D eigenvalue weighted by atomic mass is 9.75. The molecule has 2 heterocycles. The Morgan fingerprint density at radius 2 is 2.03 bits per heavy atom. The molecule has 0 radical (unpaired) electrons. The summed E-state index contributed by atoms with van der Waals surface area (Å²) in [5, 5.41) is 6.86. The standard InChI is InChI=1S/C25H23N3O3S/c1-14-21(24(30)28-25-27-17-9-3-4-12-20(17)32-25)22(15-7-5-8-16(13-15)31-2)23-18(26-14)10-6-11-19(23)29/h3-5,7-9,12-13,22,26H,6,10-11H2,1-2H3,(H,27,28,30). The normalized spacial score (nSPS) is 18.4. The molecule has 2 aromatic carbocycles. The number of ether oxygens (including phenoxy) is 1. The number of ketones is 1. The van der Waals surface area contributed by atoms with Gasteiger partial charge in [-0.05, 0) is 49.6 Å². The third-order valence-corrected chi connectivity index (χ3v) is 6.91. The highest BCUT2D eigenvalue weighted by Gasteiger charge is 2.38. The van der Waals surface area contributed by atoms with Gasteiger partial charge in [0, 0.05) is 34.9 Å². The molecule has 1 amide bonds. The highest BCUT2D eigenvalue weighted by atomic mass is 32.1. The minimum absolute atomic E-state index is 0.0874. The molecular weight excluding hydrogens is 422 g/mol. The molecule has 2 N–H and O–H groups in total. The quantitative estimate of drug-likeness (QED) is 0.596. The van der Waals surface area contributed by atoms with E-state index >= 15 is 0 Å². The maximum Gasteiger partial charge on any atom is 0.256 e. The van der Waals surface area contributed by atoms with Crippen molar-refractivity contribution in [1.82, 2.24) is 10.3 Å². The van der Waals surface area contributed by atoms with Gasteiger partial charge < -0.3 is 10.1 Å². The van der Waals surface area contributed by atoms with E-state index in [9.17, 15) is 9.59 Å². The monoisotopic (exact) mass is 445 g/mol. The number of hydrogen-bond acceptors (Lipinski definition) is 6. The summed E-state index contributed by atoms with van der Waals surface area (Å²) in [6.07, 6.45) is 2.11. The third kappa shape index (κ3) is 3.58. The average Bonchev–Trinajstić information content (AvgIpc) is 3.20. The second kappa shape index (κ2) is 8.24. The van der Waals surface area contributed by atoms with Crippen LogP contribution in [0.25, 0.3) is 10.2 Å². The summed E-state index contributed by atoms with van der Waals surface area (Å²) in [5.74, 6) is 0.0645. The van der Waals surface area contributed by atoms with Crippen LogP contribution in [0.3, 0.4) is 0 Å². The number of thiazole rings is 1. The van der Waals surface area contributed by atoms with Crippen molar-refractivity contribution in [2.45, 2.75) is 32.1 Å². The molecule has 1 aliphatic carbocycles. The molecule has 7 heteroatoms. The van der Waals surface area contributed by atoms with Crippen LogP contribution in [0, 0.1) is 0 Å². The minimum Gasteiger partial charge on any atom is -0.497 e. The van der Waals surface area contributed by atoms with Gasteiger partial charge >= 0.3 is 0 Å². The van der Waals surface area contributed by atoms with Gasteiger partial charge in [0.2, 0.25) is 0 Å². The van der Waals surface area contributed by atoms with Crippen LogP contribution in [0.2, 0.25) is 0 Å². The van der Waals surface area contributed by atoms with Crippen LogP contribution in [0.4, 0.5) is 5.13 Å². The van der Waals surface area contributed by atoms with Gasteiger partial charge in [-0.1, -0.05) is 35.6 Å². The zero-order chi connectivity index (χ0) is 22.2. The summed E-state index contributed by atoms with van der Waals surface area (Å²) in [4.78, 5) is 31.1. The first-order valence-electron chi connectivity index (χ1n) is 10.6. The van der Waals surface area contributed by atoms with Crippen molar-refractivity contribution in [2.24, 2.45) is 0 Å². The molecule has 1 atom stereocenters. The molecule has 162 valence electrons. The van der Waals surface area contributed by atoms with E-state index in [4.69, 9.17) is 4.74 Å². The van der Waals surface area contributed by atoms with Crippen LogP contribution in [0.1, 0.15) is 37.7 Å². The van der Waals surface area contributed by atoms with Crippen LogP contribution < -0.4 is 15.4 Å². The number of nitrogens with one attached hydrogen (secondary N) is 2. The van der Waals surface area contributed by atoms with Crippen molar-refractivity contribution in [1.29, 1.82) is 0 Å². The Morgan fingerprint density at radius 3 is 2.84 bits per heavy atom. The number of allylic oxidation sites excluding steroid dienone is 3. The highest BCUT2D eigenvalue weighted by molar-refractivity contribution is 7.22. The number of Topliss-reactive ketones (excluding diaryl/α,β-unsaturated/α-hetero) is 1. The molecule has 1 aromatic heterocycles. The smallest absolute Gasteiger partial charge is 0.256 e. The number of para-hydroxylation sites is 1. The summed E-state index contributed by atoms with van der Waals surface area (Å²) >= 11 is 1.43. The predicted octanol–water partition coefficient (Wildman–Crippen LogP) is 4.91. The number of rotatable bonds is 4. The lowest BCUT2D eigenvalue weighted by molar-refractivity contribution is -0.116. The number of aromatic nitrogens is 1. The number of hydrogen-bond donors (Lipinski definition) is 2. The van der Waals surface area contributed by atoms with Crippen molar-refractivity contribution in [3.05, 3.63) is 76.6 Å². The SMILES string of the molecule is COc1cccc(C2C(C(=O)Nc3nc4ccccc4s3)=C(C)NC3=C2C(=O)CCC3)c1. The first kappa shape index (κ1) is 20.5. The highest BCUT2D eigenvalue weighted by Crippen LogP contribution is 2.43. The first-order chi connectivity index (χ1) is 15.5. The van der Waals surface area contributed by atoms with Gasteiger partial charge in [-0.2, -0.15) is 0 Å². The molecule has 0 saturated heterocycles. The van der Waals surface area contributed by atoms with E-state index < -0.39 is 5.92 Å². The topological polar surface area (TPSA) is 80.3 Å². The number of amides is 1. The molecule has 6 nitrogen and oxygen atoms in total. The van der Waals surface area contributed by atoms with Crippen LogP contribution >= 0.6 is 11.3 Å². The van der Waals surface area contributed by atoms with E-state index in [2.05, 4.69) is 15.6 Å². The van der Waals surface area contributed by atoms with E-state index in [-0.39, 0.29) is 11.7 Å². The zero-order valence-electron chi connectivity index (χ0n) is 17.9. The molecule has 2 aliphatic rings. The number of carbonyl (C=O) groups is 2. The lowest BCUT2D eigenvalue weighted by Crippen LogP contribution is -2.35. The maximum atomic E-state index is 13.6. The van der Waals surface area contributed by atoms with Crippen LogP contribution in [0.15, 0.2) is 71.1 Å². The Morgan fingerprint density at radius 1 is 1.19 bits per heavy atom. The Kier molecular flexibility index (Phi) is 5.27. The van der Waals surface area contributed by atoms with Gasteiger partial charge in [0.25, 0.3) is 5.91 Å². The van der Waals surface area contributed by atoms with Crippen LogP contribution in [0.5, 0.6) is 5.75 Å². The Bertz CT molecular complexity index is 1270. The van der Waals surface area contributed by atoms with Crippen molar-refractivity contribution >= 4 is 38.4 Å². The fourth-order valence-corrected chi connectivity index (χ4v) is 5.39. The Hall–Kier alpha value is -3.45. The molecule has 1 aliphatic heterocycles. The Balaban J connectivity index is 1.57. The van der Waals surface area contributed by atoms with Gasteiger partial charge in [0.05, 0.1) is 17.3 Å². The van der Waals surface area contributed by atoms with Crippen LogP contribution in [-0.2, 0) is 9.59 Å². The summed E-state index contributed by atoms with van der Waals surface area (Å²) < 4.78 is 6.43. The molecule has 32 heavy (non-hydrogen) atoms. The summed E-state index contributed by atoms with van der Waals surface area (Å²) in [6.45, 7) is 1.89. The molecule has 1 unspecified atom stereocenters. The molecule has 3 aromatic rings. The summed E-state index contributed by atoms with van der Waals surface area (Å²) in [6, 6.07) is 15.4. The second-order valence-electron chi connectivity index (χ2n) is 7.98. The summed E-state index contributed by atoms with van der Waals surface area (Å²) in [5.41, 5.74) is 4.60. The zero-order valence-corrected chi connectivity index (χ0v) is 18.7. The van der Waals surface area contributed by atoms with Crippen molar-refractivity contribution in [2.75, 3.05) is 12.4 Å². The number of fused-ring (bicyclic) bond motifs is 1. The molecule has 0 saturated carbocycles. The van der Waals surface area contributed by atoms with Gasteiger partial charge in [-0.25, -0.2) is 4.98 Å². The second-order valence-corrected chi connectivity index (χ2v) is 9.01. The molecule has 0 fully saturated rings. The van der Waals surface area contributed by atoms with Gasteiger partial charge in [0.1, 0.15) is 5.75 Å². The molecule has 5 rings (SSSR count). The molecule has 0 bridgehead atoms. The Labute approximate surface area is 190 Å². The van der Waals surface area contributed by atoms with Crippen molar-refractivity contribution < 1.29 is 14.3 Å². The average molecular weight is 446 g/mol. The fraction of sp³-hybridized carbons (Fsp3) is 0.240. The molecular formula is C25H23N3O3S. The number of anilines is 1. The van der Waals surface area contributed by atoms with E-state index in [0.717, 1.165) is 40.0 Å². The first-order valence-corrected chi connectivity index (χ1v) is 11.4. The van der Waals surface area contributed by atoms with E-state index in [1.54, 1.807) is 7.11 Å². The molecule has 0 spiro atoms. The van der Waals surface area contributed by atoms with Gasteiger partial charge in [-0.3, -0.25) is 14.9 Å². The summed E-state index contributed by atoms with van der Waals surface area (Å²) in [7, 11) is 1.61. The van der Waals surface area contributed by atoms with Crippen LogP contribution in [-0.4, -0.2) is 23.8 Å².